The van der Waals surface area contributed by atoms with Gasteiger partial charge in [0.1, 0.15) is 0 Å². The van der Waals surface area contributed by atoms with Gasteiger partial charge in [0, 0.05) is 23.6 Å². The molecule has 0 saturated heterocycles. The van der Waals surface area contributed by atoms with E-state index in [2.05, 4.69) is 15.5 Å². The maximum absolute atomic E-state index is 13.1. The molecular weight excluding hydrogens is 454 g/mol. The summed E-state index contributed by atoms with van der Waals surface area (Å²) in [7, 11) is 0. The minimum absolute atomic E-state index is 0.00633. The lowest BCUT2D eigenvalue weighted by Crippen LogP contribution is -2.16. The van der Waals surface area contributed by atoms with Crippen molar-refractivity contribution in [2.75, 3.05) is 5.32 Å². The quantitative estimate of drug-likeness (QED) is 0.504. The summed E-state index contributed by atoms with van der Waals surface area (Å²) in [5, 5.41) is 10.8. The van der Waals surface area contributed by atoms with Gasteiger partial charge in [-0.05, 0) is 30.5 Å². The molecule has 1 N–H and O–H groups in total. The molecular formula is C20H18Cl2F3N5O. The third-order valence-corrected chi connectivity index (χ3v) is 5.51. The Bertz CT molecular complexity index is 1090. The number of hydrogen-bond donors (Lipinski definition) is 1. The van der Waals surface area contributed by atoms with Gasteiger partial charge < -0.3 is 5.32 Å². The normalized spacial score (nSPS) is 14.1. The molecule has 11 heteroatoms. The molecule has 0 atom stereocenters. The van der Waals surface area contributed by atoms with Crippen LogP contribution in [0, 0.1) is 0 Å². The van der Waals surface area contributed by atoms with Crippen LogP contribution >= 0.6 is 23.2 Å². The number of carbonyl (C=O) groups excluding carboxylic acids is 1. The number of rotatable bonds is 7. The van der Waals surface area contributed by atoms with Crippen molar-refractivity contribution in [1.29, 1.82) is 0 Å². The smallest absolute Gasteiger partial charge is 0.323 e. The van der Waals surface area contributed by atoms with E-state index in [0.29, 0.717) is 22.9 Å². The van der Waals surface area contributed by atoms with Gasteiger partial charge in [-0.1, -0.05) is 35.3 Å². The van der Waals surface area contributed by atoms with Gasteiger partial charge in [-0.15, -0.1) is 0 Å². The first-order valence-corrected chi connectivity index (χ1v) is 10.4. The summed E-state index contributed by atoms with van der Waals surface area (Å²) in [6.07, 6.45) is 0.0400. The molecule has 31 heavy (non-hydrogen) atoms. The molecule has 6 nitrogen and oxygen atoms in total. The fourth-order valence-electron chi connectivity index (χ4n) is 3.27. The van der Waals surface area contributed by atoms with Crippen LogP contribution in [0.2, 0.25) is 10.0 Å². The molecule has 3 aromatic rings. The second-order valence-electron chi connectivity index (χ2n) is 7.39. The first-order valence-electron chi connectivity index (χ1n) is 9.61. The van der Waals surface area contributed by atoms with E-state index in [1.54, 1.807) is 23.0 Å². The van der Waals surface area contributed by atoms with Crippen molar-refractivity contribution in [3.05, 3.63) is 63.7 Å². The Morgan fingerprint density at radius 2 is 1.90 bits per heavy atom. The summed E-state index contributed by atoms with van der Waals surface area (Å²) in [5.74, 6) is -0.391. The molecule has 1 fully saturated rings. The fraction of sp³-hybridized carbons (Fsp3) is 0.350. The average Bonchev–Trinajstić information content (AvgIpc) is 3.34. The lowest BCUT2D eigenvalue weighted by Gasteiger charge is -2.07. The largest absolute Gasteiger partial charge is 0.436 e. The van der Waals surface area contributed by atoms with Crippen LogP contribution in [0.15, 0.2) is 36.7 Å². The van der Waals surface area contributed by atoms with Gasteiger partial charge in [0.15, 0.2) is 5.69 Å². The Labute approximate surface area is 185 Å². The van der Waals surface area contributed by atoms with Crippen molar-refractivity contribution in [3.63, 3.8) is 0 Å². The minimum Gasteiger partial charge on any atom is -0.323 e. The lowest BCUT2D eigenvalue weighted by molar-refractivity contribution is -0.141. The van der Waals surface area contributed by atoms with Crippen LogP contribution in [-0.2, 0) is 24.1 Å². The molecule has 1 aliphatic carbocycles. The maximum atomic E-state index is 13.1. The number of hydrogen-bond acceptors (Lipinski definition) is 3. The molecule has 0 bridgehead atoms. The van der Waals surface area contributed by atoms with E-state index in [4.69, 9.17) is 23.2 Å². The van der Waals surface area contributed by atoms with Gasteiger partial charge in [0.25, 0.3) is 0 Å². The number of benzene rings is 1. The van der Waals surface area contributed by atoms with Crippen molar-refractivity contribution in [2.24, 2.45) is 0 Å². The maximum Gasteiger partial charge on any atom is 0.436 e. The van der Waals surface area contributed by atoms with E-state index in [-0.39, 0.29) is 29.8 Å². The van der Waals surface area contributed by atoms with Gasteiger partial charge in [-0.25, -0.2) is 0 Å². The van der Waals surface area contributed by atoms with E-state index < -0.39 is 11.9 Å². The van der Waals surface area contributed by atoms with Gasteiger partial charge in [-0.3, -0.25) is 14.2 Å². The van der Waals surface area contributed by atoms with E-state index in [1.807, 2.05) is 12.1 Å². The van der Waals surface area contributed by atoms with Gasteiger partial charge in [-0.2, -0.15) is 23.4 Å². The van der Waals surface area contributed by atoms with Gasteiger partial charge in [0.2, 0.25) is 5.91 Å². The van der Waals surface area contributed by atoms with Crippen molar-refractivity contribution < 1.29 is 18.0 Å². The van der Waals surface area contributed by atoms with Crippen LogP contribution < -0.4 is 5.32 Å². The summed E-state index contributed by atoms with van der Waals surface area (Å²) < 4.78 is 42.3. The molecule has 2 heterocycles. The highest BCUT2D eigenvalue weighted by Gasteiger charge is 2.42. The van der Waals surface area contributed by atoms with Crippen LogP contribution in [0.25, 0.3) is 0 Å². The summed E-state index contributed by atoms with van der Waals surface area (Å²) in [5.41, 5.74) is 0.752. The topological polar surface area (TPSA) is 64.7 Å². The van der Waals surface area contributed by atoms with E-state index in [1.165, 1.54) is 10.9 Å². The zero-order valence-electron chi connectivity index (χ0n) is 16.2. The van der Waals surface area contributed by atoms with Crippen LogP contribution in [0.3, 0.4) is 0 Å². The zero-order chi connectivity index (χ0) is 22.2. The second kappa shape index (κ2) is 8.55. The molecule has 1 saturated carbocycles. The highest BCUT2D eigenvalue weighted by Crippen LogP contribution is 2.46. The summed E-state index contributed by atoms with van der Waals surface area (Å²) in [4.78, 5) is 12.3. The van der Waals surface area contributed by atoms with E-state index in [9.17, 15) is 18.0 Å². The number of aromatic nitrogens is 4. The molecule has 4 rings (SSSR count). The Morgan fingerprint density at radius 1 is 1.19 bits per heavy atom. The highest BCUT2D eigenvalue weighted by atomic mass is 35.5. The Balaban J connectivity index is 1.37. The first-order chi connectivity index (χ1) is 14.7. The number of anilines is 1. The molecule has 1 aliphatic rings. The molecule has 1 amide bonds. The number of nitrogens with zero attached hydrogens (tertiary/aromatic N) is 4. The average molecular weight is 472 g/mol. The zero-order valence-corrected chi connectivity index (χ0v) is 17.7. The Hall–Kier alpha value is -2.52. The van der Waals surface area contributed by atoms with Crippen molar-refractivity contribution in [3.8, 4) is 0 Å². The third kappa shape index (κ3) is 5.22. The summed E-state index contributed by atoms with van der Waals surface area (Å²) in [6, 6.07) is 7.32. The predicted molar refractivity (Wildman–Crippen MR) is 110 cm³/mol. The fourth-order valence-corrected chi connectivity index (χ4v) is 3.80. The van der Waals surface area contributed by atoms with Crippen LogP contribution in [0.5, 0.6) is 0 Å². The number of nitrogens with one attached hydrogen (secondary N) is 1. The number of alkyl halides is 3. The van der Waals surface area contributed by atoms with E-state index in [0.717, 1.165) is 18.4 Å². The first kappa shape index (κ1) is 21.7. The molecule has 164 valence electrons. The summed E-state index contributed by atoms with van der Waals surface area (Å²) >= 11 is 11.8. The van der Waals surface area contributed by atoms with Gasteiger partial charge >= 0.3 is 6.18 Å². The Morgan fingerprint density at radius 3 is 2.55 bits per heavy atom. The second-order valence-corrected chi connectivity index (χ2v) is 8.21. The molecule has 0 radical (unpaired) electrons. The minimum atomic E-state index is -4.63. The molecule has 2 aromatic heterocycles. The molecule has 0 spiro atoms. The molecule has 1 aromatic carbocycles. The van der Waals surface area contributed by atoms with Crippen molar-refractivity contribution in [1.82, 2.24) is 19.6 Å². The summed E-state index contributed by atoms with van der Waals surface area (Å²) in [6.45, 7) is 0.510. The Kier molecular flexibility index (Phi) is 5.98. The standard InChI is InChI=1S/C20H18Cl2F3N5O/c21-14-5-1-12(2-6-14)10-29-11-15(9-26-29)27-16(31)7-8-30-18(13-3-4-13)17(22)19(28-30)20(23,24)25/h1-2,5-6,9,11,13H,3-4,7-8,10H2,(H,27,31). The van der Waals surface area contributed by atoms with Crippen LogP contribution in [0.1, 0.15) is 42.1 Å². The van der Waals surface area contributed by atoms with Crippen molar-refractivity contribution >= 4 is 34.8 Å². The molecule has 0 unspecified atom stereocenters. The number of carbonyl (C=O) groups is 1. The van der Waals surface area contributed by atoms with E-state index >= 15 is 0 Å². The van der Waals surface area contributed by atoms with Crippen LogP contribution in [0.4, 0.5) is 18.9 Å². The number of aryl methyl sites for hydroxylation is 1. The van der Waals surface area contributed by atoms with Crippen LogP contribution in [-0.4, -0.2) is 25.5 Å². The highest BCUT2D eigenvalue weighted by molar-refractivity contribution is 6.32. The lowest BCUT2D eigenvalue weighted by atomic mass is 10.2. The molecule has 0 aliphatic heterocycles. The third-order valence-electron chi connectivity index (χ3n) is 4.89. The SMILES string of the molecule is O=C(CCn1nc(C(F)(F)F)c(Cl)c1C1CC1)Nc1cnn(Cc2ccc(Cl)cc2)c1. The monoisotopic (exact) mass is 471 g/mol. The van der Waals surface area contributed by atoms with Gasteiger partial charge in [0.05, 0.1) is 35.7 Å². The predicted octanol–water partition coefficient (Wildman–Crippen LogP) is 5.36. The number of amides is 1. The van der Waals surface area contributed by atoms with Crippen molar-refractivity contribution in [2.45, 2.75) is 44.4 Å². The number of halogens is 5.